The third-order valence-corrected chi connectivity index (χ3v) is 3.95. The molecule has 1 aliphatic rings. The molecular formula is C15H27N3. The number of nitrogens with one attached hydrogen (secondary N) is 1. The second kappa shape index (κ2) is 5.43. The molecule has 0 amide bonds. The zero-order valence-corrected chi connectivity index (χ0v) is 12.2. The highest BCUT2D eigenvalue weighted by atomic mass is 15.3. The van der Waals surface area contributed by atoms with Crippen molar-refractivity contribution in [1.82, 2.24) is 15.1 Å². The third-order valence-electron chi connectivity index (χ3n) is 3.95. The van der Waals surface area contributed by atoms with Crippen LogP contribution in [0.5, 0.6) is 0 Å². The fourth-order valence-corrected chi connectivity index (χ4v) is 2.25. The van der Waals surface area contributed by atoms with Crippen LogP contribution in [0.1, 0.15) is 46.1 Å². The minimum Gasteiger partial charge on any atom is -0.314 e. The van der Waals surface area contributed by atoms with Gasteiger partial charge in [0, 0.05) is 18.8 Å². The van der Waals surface area contributed by atoms with Crippen LogP contribution in [0.2, 0.25) is 0 Å². The first-order valence-electron chi connectivity index (χ1n) is 7.23. The van der Waals surface area contributed by atoms with Gasteiger partial charge in [-0.05, 0) is 49.6 Å². The lowest BCUT2D eigenvalue weighted by atomic mass is 9.77. The number of aryl methyl sites for hydroxylation is 1. The zero-order valence-electron chi connectivity index (χ0n) is 12.2. The Hall–Kier alpha value is -0.830. The van der Waals surface area contributed by atoms with Gasteiger partial charge in [-0.15, -0.1) is 0 Å². The normalized spacial score (nSPS) is 18.0. The molecule has 1 atom stereocenters. The van der Waals surface area contributed by atoms with Crippen LogP contribution in [-0.4, -0.2) is 22.4 Å². The average Bonchev–Trinajstić information content (AvgIpc) is 3.01. The number of hydrogen-bond acceptors (Lipinski definition) is 2. The summed E-state index contributed by atoms with van der Waals surface area (Å²) in [5.74, 6) is 0.674. The van der Waals surface area contributed by atoms with Gasteiger partial charge in [0.1, 0.15) is 0 Å². The lowest BCUT2D eigenvalue weighted by Crippen LogP contribution is -2.34. The number of rotatable bonds is 6. The van der Waals surface area contributed by atoms with E-state index in [4.69, 9.17) is 0 Å². The molecule has 1 aliphatic carbocycles. The first-order chi connectivity index (χ1) is 8.49. The van der Waals surface area contributed by atoms with Crippen molar-refractivity contribution in [2.24, 2.45) is 11.3 Å². The van der Waals surface area contributed by atoms with Crippen LogP contribution in [0.25, 0.3) is 0 Å². The van der Waals surface area contributed by atoms with E-state index in [-0.39, 0.29) is 0 Å². The summed E-state index contributed by atoms with van der Waals surface area (Å²) < 4.78 is 2.02. The number of hydrogen-bond donors (Lipinski definition) is 1. The Morgan fingerprint density at radius 3 is 2.67 bits per heavy atom. The van der Waals surface area contributed by atoms with E-state index in [9.17, 15) is 0 Å². The van der Waals surface area contributed by atoms with Crippen LogP contribution >= 0.6 is 0 Å². The monoisotopic (exact) mass is 249 g/mol. The predicted molar refractivity (Wildman–Crippen MR) is 75.6 cm³/mol. The van der Waals surface area contributed by atoms with Crippen molar-refractivity contribution in [3.63, 3.8) is 0 Å². The summed E-state index contributed by atoms with van der Waals surface area (Å²) in [5, 5.41) is 8.05. The lowest BCUT2D eigenvalue weighted by molar-refractivity contribution is 0.230. The summed E-state index contributed by atoms with van der Waals surface area (Å²) in [6, 6.07) is 0.799. The molecule has 102 valence electrons. The van der Waals surface area contributed by atoms with Crippen LogP contribution < -0.4 is 5.32 Å². The van der Waals surface area contributed by atoms with Gasteiger partial charge in [0.25, 0.3) is 0 Å². The summed E-state index contributed by atoms with van der Waals surface area (Å²) in [6.45, 7) is 11.3. The summed E-state index contributed by atoms with van der Waals surface area (Å²) in [5.41, 5.74) is 1.71. The lowest BCUT2D eigenvalue weighted by Gasteiger charge is -2.31. The molecule has 0 aliphatic heterocycles. The molecule has 1 unspecified atom stereocenters. The quantitative estimate of drug-likeness (QED) is 0.840. The summed E-state index contributed by atoms with van der Waals surface area (Å²) >= 11 is 0. The molecule has 0 aromatic carbocycles. The molecule has 0 saturated heterocycles. The van der Waals surface area contributed by atoms with Crippen molar-refractivity contribution in [3.8, 4) is 0 Å². The Morgan fingerprint density at radius 1 is 1.44 bits per heavy atom. The highest BCUT2D eigenvalue weighted by Gasteiger charge is 2.28. The molecule has 1 N–H and O–H groups in total. The molecule has 3 heteroatoms. The molecule has 1 aromatic rings. The molecule has 2 rings (SSSR count). The van der Waals surface area contributed by atoms with Gasteiger partial charge in [-0.1, -0.05) is 20.8 Å². The molecule has 3 nitrogen and oxygen atoms in total. The van der Waals surface area contributed by atoms with E-state index in [0.29, 0.717) is 11.3 Å². The molecule has 18 heavy (non-hydrogen) atoms. The van der Waals surface area contributed by atoms with E-state index in [0.717, 1.165) is 25.6 Å². The number of aromatic nitrogens is 2. The molecule has 0 spiro atoms. The van der Waals surface area contributed by atoms with Gasteiger partial charge in [-0.2, -0.15) is 5.10 Å². The first-order valence-corrected chi connectivity index (χ1v) is 7.23. The molecule has 1 saturated carbocycles. The van der Waals surface area contributed by atoms with Crippen LogP contribution in [-0.2, 0) is 13.0 Å². The molecular weight excluding hydrogens is 222 g/mol. The summed E-state index contributed by atoms with van der Waals surface area (Å²) in [4.78, 5) is 0. The minimum absolute atomic E-state index is 0.343. The Labute approximate surface area is 111 Å². The third kappa shape index (κ3) is 3.84. The Morgan fingerprint density at radius 2 is 2.17 bits per heavy atom. The number of nitrogens with zero attached hydrogens (tertiary/aromatic N) is 2. The maximum Gasteiger partial charge on any atom is 0.0521 e. The summed E-state index contributed by atoms with van der Waals surface area (Å²) in [7, 11) is 0. The van der Waals surface area contributed by atoms with Crippen molar-refractivity contribution < 1.29 is 0 Å². The van der Waals surface area contributed by atoms with Crippen LogP contribution in [0, 0.1) is 11.3 Å². The maximum atomic E-state index is 4.37. The first kappa shape index (κ1) is 13.6. The van der Waals surface area contributed by atoms with Crippen LogP contribution in [0.3, 0.4) is 0 Å². The largest absolute Gasteiger partial charge is 0.314 e. The van der Waals surface area contributed by atoms with Crippen molar-refractivity contribution in [1.29, 1.82) is 0 Å². The molecule has 1 aromatic heterocycles. The van der Waals surface area contributed by atoms with E-state index >= 15 is 0 Å². The van der Waals surface area contributed by atoms with Gasteiger partial charge in [-0.3, -0.25) is 4.68 Å². The second-order valence-electron chi connectivity index (χ2n) is 6.65. The van der Waals surface area contributed by atoms with E-state index in [2.05, 4.69) is 44.3 Å². The van der Waals surface area contributed by atoms with E-state index in [1.807, 2.05) is 10.9 Å². The van der Waals surface area contributed by atoms with Gasteiger partial charge in [0.2, 0.25) is 0 Å². The van der Waals surface area contributed by atoms with Crippen molar-refractivity contribution in [2.75, 3.05) is 6.54 Å². The van der Waals surface area contributed by atoms with E-state index in [1.165, 1.54) is 18.4 Å². The van der Waals surface area contributed by atoms with Crippen LogP contribution in [0.15, 0.2) is 12.4 Å². The average molecular weight is 249 g/mol. The Kier molecular flexibility index (Phi) is 4.10. The predicted octanol–water partition coefficient (Wildman–Crippen LogP) is 2.86. The highest BCUT2D eigenvalue weighted by molar-refractivity contribution is 5.06. The van der Waals surface area contributed by atoms with Gasteiger partial charge in [0.05, 0.1) is 6.20 Å². The fourth-order valence-electron chi connectivity index (χ4n) is 2.25. The van der Waals surface area contributed by atoms with Crippen molar-refractivity contribution >= 4 is 0 Å². The Bertz CT molecular complexity index is 371. The van der Waals surface area contributed by atoms with Gasteiger partial charge < -0.3 is 5.32 Å². The van der Waals surface area contributed by atoms with Crippen molar-refractivity contribution in [2.45, 2.75) is 59.5 Å². The molecule has 0 bridgehead atoms. The van der Waals surface area contributed by atoms with E-state index < -0.39 is 0 Å². The zero-order chi connectivity index (χ0) is 13.2. The van der Waals surface area contributed by atoms with Gasteiger partial charge >= 0.3 is 0 Å². The van der Waals surface area contributed by atoms with E-state index in [1.54, 1.807) is 0 Å². The topological polar surface area (TPSA) is 29.9 Å². The SMILES string of the molecule is CCn1cc(CC(CNC2CC2)C(C)(C)C)cn1. The Balaban J connectivity index is 1.94. The second-order valence-corrected chi connectivity index (χ2v) is 6.65. The van der Waals surface area contributed by atoms with Gasteiger partial charge in [0.15, 0.2) is 0 Å². The molecule has 1 heterocycles. The maximum absolute atomic E-state index is 4.37. The standard InChI is InChI=1S/C15H27N3/c1-5-18-11-12(9-17-18)8-13(15(2,3)4)10-16-14-6-7-14/h9,11,13-14,16H,5-8,10H2,1-4H3. The minimum atomic E-state index is 0.343. The molecule has 0 radical (unpaired) electrons. The molecule has 1 fully saturated rings. The fraction of sp³-hybridized carbons (Fsp3) is 0.800. The van der Waals surface area contributed by atoms with Crippen molar-refractivity contribution in [3.05, 3.63) is 18.0 Å². The highest BCUT2D eigenvalue weighted by Crippen LogP contribution is 2.30. The van der Waals surface area contributed by atoms with Gasteiger partial charge in [-0.25, -0.2) is 0 Å². The summed E-state index contributed by atoms with van der Waals surface area (Å²) in [6.07, 6.45) is 8.08. The smallest absolute Gasteiger partial charge is 0.0521 e. The van der Waals surface area contributed by atoms with Crippen LogP contribution in [0.4, 0.5) is 0 Å².